The molecule has 2 aromatic rings. The summed E-state index contributed by atoms with van der Waals surface area (Å²) in [5, 5.41) is 20.1. The van der Waals surface area contributed by atoms with Crippen LogP contribution in [0.25, 0.3) is 0 Å². The Morgan fingerprint density at radius 1 is 0.974 bits per heavy atom. The molecule has 4 unspecified atom stereocenters. The predicted octanol–water partition coefficient (Wildman–Crippen LogP) is 3.72. The Labute approximate surface area is 217 Å². The highest BCUT2D eigenvalue weighted by Gasteiger charge is 2.56. The zero-order valence-electron chi connectivity index (χ0n) is 20.4. The number of ketones is 2. The lowest BCUT2D eigenvalue weighted by Gasteiger charge is -2.42. The van der Waals surface area contributed by atoms with Crippen LogP contribution in [0.1, 0.15) is 41.6 Å². The van der Waals surface area contributed by atoms with Crippen LogP contribution < -0.4 is 4.90 Å². The highest BCUT2D eigenvalue weighted by Crippen LogP contribution is 2.56. The molecule has 1 fully saturated rings. The number of para-hydroxylation sites is 1. The van der Waals surface area contributed by atoms with E-state index in [0.29, 0.717) is 22.3 Å². The van der Waals surface area contributed by atoms with Gasteiger partial charge in [0.2, 0.25) is 11.8 Å². The monoisotopic (exact) mass is 509 g/mol. The number of hydrogen-bond donors (Lipinski definition) is 2. The molecule has 4 atom stereocenters. The van der Waals surface area contributed by atoms with Crippen molar-refractivity contribution in [3.05, 3.63) is 94.1 Å². The Morgan fingerprint density at radius 3 is 2.47 bits per heavy atom. The number of aromatic carboxylic acids is 1. The fraction of sp³-hybridized carbons (Fsp3) is 0.233. The number of anilines is 1. The molecule has 0 radical (unpaired) electrons. The van der Waals surface area contributed by atoms with Crippen molar-refractivity contribution < 1.29 is 34.2 Å². The van der Waals surface area contributed by atoms with Gasteiger partial charge >= 0.3 is 5.97 Å². The van der Waals surface area contributed by atoms with E-state index in [-0.39, 0.29) is 41.4 Å². The first-order valence-electron chi connectivity index (χ1n) is 12.4. The van der Waals surface area contributed by atoms with Gasteiger partial charge in [-0.15, -0.1) is 0 Å². The van der Waals surface area contributed by atoms with E-state index in [9.17, 15) is 34.2 Å². The standard InChI is InChI=1S/C30H23NO7/c1-14-11-23(33)26-21(27(14)34)13-20-17(24(26)18-7-2-3-8-22(18)32)9-10-19-25(20)29(36)31(28(19)35)16-6-4-5-15(12-16)30(37)38/h2-9,11-12,19-20,24-25,32H,10,13H2,1H3,(H,37,38). The van der Waals surface area contributed by atoms with Gasteiger partial charge in [-0.1, -0.05) is 35.9 Å². The summed E-state index contributed by atoms with van der Waals surface area (Å²) >= 11 is 0. The number of carbonyl (C=O) groups is 5. The van der Waals surface area contributed by atoms with Crippen LogP contribution in [-0.4, -0.2) is 39.6 Å². The van der Waals surface area contributed by atoms with E-state index in [4.69, 9.17) is 0 Å². The van der Waals surface area contributed by atoms with Gasteiger partial charge in [-0.3, -0.25) is 24.1 Å². The molecule has 0 spiro atoms. The Morgan fingerprint density at radius 2 is 1.74 bits per heavy atom. The third kappa shape index (κ3) is 3.33. The molecule has 0 saturated carbocycles. The van der Waals surface area contributed by atoms with Crippen LogP contribution in [0.15, 0.2) is 83.0 Å². The third-order valence-corrected chi connectivity index (χ3v) is 8.16. The number of phenolic OH excluding ortho intramolecular Hbond substituents is 1. The number of benzene rings is 2. The smallest absolute Gasteiger partial charge is 0.335 e. The molecule has 38 heavy (non-hydrogen) atoms. The number of allylic oxidation sites excluding steroid dienone is 6. The Kier molecular flexibility index (Phi) is 5.31. The SMILES string of the molecule is CC1=CC(=O)C2=C(CC3C(=CCC4C(=O)N(c5cccc(C(=O)O)c5)C(=O)C43)C2c2ccccc2O)C1=O. The second-order valence-electron chi connectivity index (χ2n) is 10.2. The zero-order chi connectivity index (χ0) is 26.9. The number of fused-ring (bicyclic) bond motifs is 3. The minimum Gasteiger partial charge on any atom is -0.508 e. The van der Waals surface area contributed by atoms with Gasteiger partial charge in [-0.25, -0.2) is 4.79 Å². The molecule has 2 aromatic carbocycles. The summed E-state index contributed by atoms with van der Waals surface area (Å²) in [5.74, 6) is -5.37. The van der Waals surface area contributed by atoms with E-state index < -0.39 is 41.5 Å². The van der Waals surface area contributed by atoms with Crippen LogP contribution in [0.4, 0.5) is 5.69 Å². The largest absolute Gasteiger partial charge is 0.508 e. The number of Topliss-reactive ketones (excluding diaryl/α,β-unsaturated/α-hetero) is 1. The second-order valence-corrected chi connectivity index (χ2v) is 10.2. The number of phenols is 1. The summed E-state index contributed by atoms with van der Waals surface area (Å²) in [4.78, 5) is 66.5. The van der Waals surface area contributed by atoms with Crippen molar-refractivity contribution in [3.63, 3.8) is 0 Å². The van der Waals surface area contributed by atoms with Gasteiger partial charge < -0.3 is 10.2 Å². The summed E-state index contributed by atoms with van der Waals surface area (Å²) in [6.45, 7) is 1.58. The minimum absolute atomic E-state index is 0.0273. The van der Waals surface area contributed by atoms with Crippen molar-refractivity contribution in [3.8, 4) is 5.75 Å². The summed E-state index contributed by atoms with van der Waals surface area (Å²) in [6, 6.07) is 12.3. The Hall–Kier alpha value is -4.59. The van der Waals surface area contributed by atoms with Crippen molar-refractivity contribution in [1.29, 1.82) is 0 Å². The average molecular weight is 510 g/mol. The average Bonchev–Trinajstić information content (AvgIpc) is 3.16. The summed E-state index contributed by atoms with van der Waals surface area (Å²) in [7, 11) is 0. The third-order valence-electron chi connectivity index (χ3n) is 8.16. The van der Waals surface area contributed by atoms with Gasteiger partial charge in [0.05, 0.1) is 23.1 Å². The number of carboxylic acid groups (broad SMARTS) is 1. The first kappa shape index (κ1) is 23.8. The molecule has 8 nitrogen and oxygen atoms in total. The molecule has 1 aliphatic heterocycles. The van der Waals surface area contributed by atoms with Crippen LogP contribution in [0.3, 0.4) is 0 Å². The lowest BCUT2D eigenvalue weighted by atomic mass is 9.59. The topological polar surface area (TPSA) is 129 Å². The van der Waals surface area contributed by atoms with Crippen LogP contribution >= 0.6 is 0 Å². The normalized spacial score (nSPS) is 26.5. The van der Waals surface area contributed by atoms with E-state index in [2.05, 4.69) is 0 Å². The van der Waals surface area contributed by atoms with Crippen LogP contribution in [0.5, 0.6) is 5.75 Å². The number of hydrogen-bond acceptors (Lipinski definition) is 6. The molecule has 8 heteroatoms. The number of carboxylic acids is 1. The predicted molar refractivity (Wildman–Crippen MR) is 135 cm³/mol. The lowest BCUT2D eigenvalue weighted by molar-refractivity contribution is -0.123. The highest BCUT2D eigenvalue weighted by molar-refractivity contribution is 6.25. The molecule has 6 rings (SSSR count). The van der Waals surface area contributed by atoms with E-state index in [1.165, 1.54) is 36.4 Å². The molecule has 1 saturated heterocycles. The van der Waals surface area contributed by atoms with Crippen molar-refractivity contribution in [2.75, 3.05) is 4.90 Å². The molecule has 190 valence electrons. The first-order chi connectivity index (χ1) is 18.2. The number of nitrogens with zero attached hydrogens (tertiary/aromatic N) is 1. The van der Waals surface area contributed by atoms with Crippen LogP contribution in [-0.2, 0) is 19.2 Å². The zero-order valence-corrected chi connectivity index (χ0v) is 20.4. The molecular formula is C30H23NO7. The minimum atomic E-state index is -1.17. The molecule has 0 aromatic heterocycles. The maximum Gasteiger partial charge on any atom is 0.335 e. The number of aromatic hydroxyl groups is 1. The molecule has 3 aliphatic carbocycles. The molecule has 4 aliphatic rings. The quantitative estimate of drug-likeness (QED) is 0.366. The van der Waals surface area contributed by atoms with Gasteiger partial charge in [0.15, 0.2) is 11.6 Å². The summed E-state index contributed by atoms with van der Waals surface area (Å²) in [6.07, 6.45) is 3.57. The van der Waals surface area contributed by atoms with Crippen molar-refractivity contribution in [2.45, 2.75) is 25.7 Å². The van der Waals surface area contributed by atoms with E-state index in [1.54, 1.807) is 25.1 Å². The van der Waals surface area contributed by atoms with E-state index >= 15 is 0 Å². The van der Waals surface area contributed by atoms with Crippen LogP contribution in [0, 0.1) is 17.8 Å². The highest BCUT2D eigenvalue weighted by atomic mass is 16.4. The number of rotatable bonds is 3. The maximum absolute atomic E-state index is 13.9. The summed E-state index contributed by atoms with van der Waals surface area (Å²) < 4.78 is 0. The van der Waals surface area contributed by atoms with E-state index in [0.717, 1.165) is 10.5 Å². The van der Waals surface area contributed by atoms with Gasteiger partial charge in [0, 0.05) is 28.2 Å². The van der Waals surface area contributed by atoms with Gasteiger partial charge in [0.25, 0.3) is 0 Å². The number of amides is 2. The van der Waals surface area contributed by atoms with Gasteiger partial charge in [-0.05, 0) is 56.0 Å². The number of carbonyl (C=O) groups excluding carboxylic acids is 4. The maximum atomic E-state index is 13.9. The van der Waals surface area contributed by atoms with Gasteiger partial charge in [0.1, 0.15) is 5.75 Å². The molecule has 0 bridgehead atoms. The van der Waals surface area contributed by atoms with E-state index in [1.807, 2.05) is 6.08 Å². The molecule has 2 N–H and O–H groups in total. The summed E-state index contributed by atoms with van der Waals surface area (Å²) in [5.41, 5.74) is 2.28. The van der Waals surface area contributed by atoms with Crippen molar-refractivity contribution in [2.24, 2.45) is 17.8 Å². The molecule has 1 heterocycles. The number of imide groups is 1. The molecule has 2 amide bonds. The van der Waals surface area contributed by atoms with Crippen LogP contribution in [0.2, 0.25) is 0 Å². The van der Waals surface area contributed by atoms with Crippen molar-refractivity contribution in [1.82, 2.24) is 0 Å². The second kappa shape index (κ2) is 8.48. The van der Waals surface area contributed by atoms with Gasteiger partial charge in [-0.2, -0.15) is 0 Å². The Bertz CT molecular complexity index is 1580. The lowest BCUT2D eigenvalue weighted by Crippen LogP contribution is -2.39. The fourth-order valence-electron chi connectivity index (χ4n) is 6.50. The van der Waals surface area contributed by atoms with Crippen molar-refractivity contribution >= 4 is 35.0 Å². The first-order valence-corrected chi connectivity index (χ1v) is 12.4. The molecular weight excluding hydrogens is 486 g/mol. The Balaban J connectivity index is 1.48. The fourth-order valence-corrected chi connectivity index (χ4v) is 6.50.